The molecule has 0 N–H and O–H groups in total. The van der Waals surface area contributed by atoms with Gasteiger partial charge in [-0.25, -0.2) is 0 Å². The molecule has 1 aromatic rings. The zero-order valence-corrected chi connectivity index (χ0v) is 8.41. The molecule has 5 heteroatoms. The van der Waals surface area contributed by atoms with Crippen molar-refractivity contribution >= 4 is 41.1 Å². The van der Waals surface area contributed by atoms with E-state index in [1.165, 1.54) is 6.07 Å². The van der Waals surface area contributed by atoms with E-state index in [1.54, 1.807) is 0 Å². The quantitative estimate of drug-likeness (QED) is 0.552. The molecule has 1 rings (SSSR count). The third-order valence-electron chi connectivity index (χ3n) is 1.43. The van der Waals surface area contributed by atoms with Gasteiger partial charge < -0.3 is 0 Å². The molecule has 0 amide bonds. The molecule has 0 aliphatic rings. The van der Waals surface area contributed by atoms with Crippen molar-refractivity contribution in [2.45, 2.75) is 0 Å². The Kier molecular flexibility index (Phi) is 3.16. The molecule has 0 saturated carbocycles. The van der Waals surface area contributed by atoms with E-state index in [0.29, 0.717) is 6.29 Å². The van der Waals surface area contributed by atoms with Gasteiger partial charge in [0.2, 0.25) is 0 Å². The van der Waals surface area contributed by atoms with Crippen LogP contribution in [0.25, 0.3) is 0 Å². The van der Waals surface area contributed by atoms with Gasteiger partial charge in [0.25, 0.3) is 0 Å². The van der Waals surface area contributed by atoms with Crippen molar-refractivity contribution < 1.29 is 4.79 Å². The van der Waals surface area contributed by atoms with Crippen molar-refractivity contribution in [1.29, 1.82) is 5.26 Å². The first kappa shape index (κ1) is 10.3. The summed E-state index contributed by atoms with van der Waals surface area (Å²) in [5.74, 6) is 0. The van der Waals surface area contributed by atoms with Crippen molar-refractivity contribution in [2.75, 3.05) is 0 Å². The second-order valence-electron chi connectivity index (χ2n) is 2.18. The molecule has 66 valence electrons. The van der Waals surface area contributed by atoms with Crippen LogP contribution in [0.5, 0.6) is 0 Å². The predicted molar refractivity (Wildman–Crippen MR) is 51.6 cm³/mol. The zero-order valence-electron chi connectivity index (χ0n) is 6.14. The van der Waals surface area contributed by atoms with Crippen LogP contribution in [-0.4, -0.2) is 6.29 Å². The van der Waals surface area contributed by atoms with Crippen LogP contribution >= 0.6 is 34.8 Å². The summed E-state index contributed by atoms with van der Waals surface area (Å²) in [6.45, 7) is 0. The maximum Gasteiger partial charge on any atom is 0.153 e. The number of halogens is 3. The van der Waals surface area contributed by atoms with Crippen molar-refractivity contribution in [3.05, 3.63) is 32.3 Å². The first-order valence-electron chi connectivity index (χ1n) is 3.14. The fraction of sp³-hybridized carbons (Fsp3) is 0. The lowest BCUT2D eigenvalue weighted by molar-refractivity contribution is 0.112. The standard InChI is InChI=1S/C8H2Cl3NO/c9-6-1-4(2-12)7(10)8(11)5(6)3-13/h1,3H. The van der Waals surface area contributed by atoms with Crippen molar-refractivity contribution in [3.63, 3.8) is 0 Å². The molecule has 0 aromatic heterocycles. The van der Waals surface area contributed by atoms with Crippen LogP contribution in [0.15, 0.2) is 6.07 Å². The molecule has 1 aromatic carbocycles. The molecule has 0 aliphatic carbocycles. The van der Waals surface area contributed by atoms with E-state index < -0.39 is 0 Å². The molecular weight excluding hydrogens is 232 g/mol. The van der Waals surface area contributed by atoms with Gasteiger partial charge in [-0.1, -0.05) is 34.8 Å². The Bertz CT molecular complexity index is 409. The van der Waals surface area contributed by atoms with Crippen LogP contribution in [0.3, 0.4) is 0 Å². The molecule has 2 nitrogen and oxygen atoms in total. The molecule has 0 radical (unpaired) electrons. The maximum atomic E-state index is 10.5. The minimum absolute atomic E-state index is 0.0146. The SMILES string of the molecule is N#Cc1cc(Cl)c(C=O)c(Cl)c1Cl. The normalized spacial score (nSPS) is 9.38. The average Bonchev–Trinajstić information content (AvgIpc) is 2.12. The zero-order chi connectivity index (χ0) is 10.0. The largest absolute Gasteiger partial charge is 0.298 e. The molecule has 0 unspecified atom stereocenters. The Morgan fingerprint density at radius 2 is 1.92 bits per heavy atom. The summed E-state index contributed by atoms with van der Waals surface area (Å²) in [6, 6.07) is 3.12. The van der Waals surface area contributed by atoms with Gasteiger partial charge >= 0.3 is 0 Å². The third-order valence-corrected chi connectivity index (χ3v) is 2.63. The lowest BCUT2D eigenvalue weighted by Gasteiger charge is -2.03. The highest BCUT2D eigenvalue weighted by atomic mass is 35.5. The molecule has 0 fully saturated rings. The van der Waals surface area contributed by atoms with E-state index in [0.717, 1.165) is 0 Å². The summed E-state index contributed by atoms with van der Waals surface area (Å²) >= 11 is 17.0. The van der Waals surface area contributed by atoms with Crippen LogP contribution in [0, 0.1) is 11.3 Å². The van der Waals surface area contributed by atoms with Gasteiger partial charge in [-0.05, 0) is 6.07 Å². The summed E-state index contributed by atoms with van der Waals surface area (Å²) in [5, 5.41) is 8.78. The lowest BCUT2D eigenvalue weighted by atomic mass is 10.1. The Hall–Kier alpha value is -0.750. The highest BCUT2D eigenvalue weighted by Crippen LogP contribution is 2.33. The first-order valence-corrected chi connectivity index (χ1v) is 4.28. The number of hydrogen-bond acceptors (Lipinski definition) is 2. The molecule has 0 heterocycles. The molecule has 0 saturated heterocycles. The smallest absolute Gasteiger partial charge is 0.153 e. The van der Waals surface area contributed by atoms with Gasteiger partial charge in [0.1, 0.15) is 6.07 Å². The minimum atomic E-state index is 0.0146. The Labute approximate surface area is 89.6 Å². The van der Waals surface area contributed by atoms with Crippen molar-refractivity contribution in [2.24, 2.45) is 0 Å². The summed E-state index contributed by atoms with van der Waals surface area (Å²) in [5.41, 5.74) is 0.259. The fourth-order valence-corrected chi connectivity index (χ4v) is 1.54. The summed E-state index contributed by atoms with van der Waals surface area (Å²) in [6.07, 6.45) is 0.498. The van der Waals surface area contributed by atoms with Crippen LogP contribution in [0.2, 0.25) is 15.1 Å². The summed E-state index contributed by atoms with van der Waals surface area (Å²) < 4.78 is 0. The molecule has 0 bridgehead atoms. The van der Waals surface area contributed by atoms with Gasteiger partial charge in [0.05, 0.1) is 26.2 Å². The summed E-state index contributed by atoms with van der Waals surface area (Å²) in [7, 11) is 0. The number of nitriles is 1. The van der Waals surface area contributed by atoms with E-state index in [9.17, 15) is 4.79 Å². The molecule has 13 heavy (non-hydrogen) atoms. The van der Waals surface area contributed by atoms with Crippen LogP contribution in [0.4, 0.5) is 0 Å². The van der Waals surface area contributed by atoms with Crippen molar-refractivity contribution in [3.8, 4) is 6.07 Å². The number of hydrogen-bond donors (Lipinski definition) is 0. The fourth-order valence-electron chi connectivity index (χ4n) is 0.799. The topological polar surface area (TPSA) is 40.9 Å². The monoisotopic (exact) mass is 233 g/mol. The number of nitrogens with zero attached hydrogens (tertiary/aromatic N) is 1. The number of rotatable bonds is 1. The third kappa shape index (κ3) is 1.78. The second-order valence-corrected chi connectivity index (χ2v) is 3.34. The highest BCUT2D eigenvalue weighted by Gasteiger charge is 2.13. The molecule has 0 spiro atoms. The first-order chi connectivity index (χ1) is 6.11. The highest BCUT2D eigenvalue weighted by molar-refractivity contribution is 6.46. The van der Waals surface area contributed by atoms with Gasteiger partial charge in [0.15, 0.2) is 6.29 Å². The Morgan fingerprint density at radius 1 is 1.31 bits per heavy atom. The van der Waals surface area contributed by atoms with Crippen LogP contribution in [0.1, 0.15) is 15.9 Å². The van der Waals surface area contributed by atoms with Gasteiger partial charge in [-0.3, -0.25) is 4.79 Å². The number of benzene rings is 1. The molecular formula is C8H2Cl3NO. The number of aldehydes is 1. The Balaban J connectivity index is 3.57. The molecule has 0 atom stereocenters. The summed E-state index contributed by atoms with van der Waals surface area (Å²) in [4.78, 5) is 10.5. The van der Waals surface area contributed by atoms with E-state index in [1.807, 2.05) is 6.07 Å². The van der Waals surface area contributed by atoms with E-state index in [4.69, 9.17) is 40.1 Å². The predicted octanol–water partition coefficient (Wildman–Crippen LogP) is 3.33. The minimum Gasteiger partial charge on any atom is -0.298 e. The van der Waals surface area contributed by atoms with Crippen molar-refractivity contribution in [1.82, 2.24) is 0 Å². The average molecular weight is 234 g/mol. The van der Waals surface area contributed by atoms with E-state index in [2.05, 4.69) is 0 Å². The van der Waals surface area contributed by atoms with E-state index in [-0.39, 0.29) is 26.2 Å². The Morgan fingerprint density at radius 3 is 2.38 bits per heavy atom. The maximum absolute atomic E-state index is 10.5. The lowest BCUT2D eigenvalue weighted by Crippen LogP contribution is -1.88. The van der Waals surface area contributed by atoms with Gasteiger partial charge in [-0.15, -0.1) is 0 Å². The number of carbonyl (C=O) groups excluding carboxylic acids is 1. The van der Waals surface area contributed by atoms with E-state index >= 15 is 0 Å². The van der Waals surface area contributed by atoms with Gasteiger partial charge in [-0.2, -0.15) is 5.26 Å². The molecule has 0 aliphatic heterocycles. The van der Waals surface area contributed by atoms with Crippen LogP contribution < -0.4 is 0 Å². The van der Waals surface area contributed by atoms with Crippen LogP contribution in [-0.2, 0) is 0 Å². The number of carbonyl (C=O) groups is 1. The second kappa shape index (κ2) is 3.97. The van der Waals surface area contributed by atoms with Gasteiger partial charge in [0, 0.05) is 0 Å².